The third-order valence-corrected chi connectivity index (χ3v) is 10.9. The van der Waals surface area contributed by atoms with Crippen LogP contribution >= 0.6 is 11.6 Å². The highest BCUT2D eigenvalue weighted by atomic mass is 35.5. The molecule has 8 nitrogen and oxygen atoms in total. The molecule has 0 amide bonds. The molecule has 9 heteroatoms. The molecule has 0 N–H and O–H groups in total. The first-order valence-corrected chi connectivity index (χ1v) is 20.8. The first-order chi connectivity index (χ1) is 29.5. The zero-order valence-electron chi connectivity index (χ0n) is 34.4. The van der Waals surface area contributed by atoms with E-state index in [1.165, 1.54) is 0 Å². The van der Waals surface area contributed by atoms with Gasteiger partial charge in [0.1, 0.15) is 36.3 Å². The van der Waals surface area contributed by atoms with Crippen molar-refractivity contribution in [1.29, 1.82) is 0 Å². The van der Waals surface area contributed by atoms with Crippen molar-refractivity contribution in [3.05, 3.63) is 196 Å². The molecule has 5 atom stereocenters. The van der Waals surface area contributed by atoms with Gasteiger partial charge in [-0.25, -0.2) is 0 Å². The minimum absolute atomic E-state index is 0.216. The quantitative estimate of drug-likeness (QED) is 0.0753. The van der Waals surface area contributed by atoms with E-state index in [2.05, 4.69) is 12.1 Å². The van der Waals surface area contributed by atoms with Crippen LogP contribution in [-0.4, -0.2) is 51.8 Å². The van der Waals surface area contributed by atoms with Crippen LogP contribution in [0.2, 0.25) is 5.02 Å². The van der Waals surface area contributed by atoms with E-state index in [1.807, 2.05) is 146 Å². The number of hydrogen-bond acceptors (Lipinski definition) is 8. The predicted molar refractivity (Wildman–Crippen MR) is 234 cm³/mol. The molecule has 312 valence electrons. The van der Waals surface area contributed by atoms with Crippen molar-refractivity contribution in [3.8, 4) is 17.2 Å². The smallest absolute Gasteiger partial charge is 0.180 e. The van der Waals surface area contributed by atoms with Crippen molar-refractivity contribution < 1.29 is 37.9 Å². The fourth-order valence-electron chi connectivity index (χ4n) is 7.56. The fourth-order valence-corrected chi connectivity index (χ4v) is 7.84. The second kappa shape index (κ2) is 21.9. The molecule has 0 spiro atoms. The van der Waals surface area contributed by atoms with E-state index in [0.29, 0.717) is 61.5 Å². The van der Waals surface area contributed by atoms with Gasteiger partial charge in [0.2, 0.25) is 0 Å². The van der Waals surface area contributed by atoms with Crippen LogP contribution in [-0.2, 0) is 56.5 Å². The van der Waals surface area contributed by atoms with E-state index < -0.39 is 30.5 Å². The molecule has 0 radical (unpaired) electrons. The van der Waals surface area contributed by atoms with Crippen LogP contribution in [0.3, 0.4) is 0 Å². The zero-order valence-corrected chi connectivity index (χ0v) is 35.2. The number of halogens is 1. The van der Waals surface area contributed by atoms with Crippen LogP contribution in [0.25, 0.3) is 0 Å². The van der Waals surface area contributed by atoms with Gasteiger partial charge in [0.15, 0.2) is 11.5 Å². The van der Waals surface area contributed by atoms with E-state index >= 15 is 0 Å². The summed E-state index contributed by atoms with van der Waals surface area (Å²) in [6.45, 7) is 4.11. The Bertz CT molecular complexity index is 2170. The molecule has 0 aliphatic carbocycles. The highest BCUT2D eigenvalue weighted by molar-refractivity contribution is 6.33. The topological polar surface area (TPSA) is 73.8 Å². The number of hydrogen-bond donors (Lipinski definition) is 0. The van der Waals surface area contributed by atoms with Gasteiger partial charge in [-0.05, 0) is 64.9 Å². The van der Waals surface area contributed by atoms with Crippen molar-refractivity contribution in [2.24, 2.45) is 0 Å². The summed E-state index contributed by atoms with van der Waals surface area (Å²) >= 11 is 7.17. The maximum atomic E-state index is 7.27. The lowest BCUT2D eigenvalue weighted by Gasteiger charge is -2.46. The molecule has 0 aromatic heterocycles. The molecule has 1 aliphatic rings. The highest BCUT2D eigenvalue weighted by Gasteiger charge is 2.50. The largest absolute Gasteiger partial charge is 0.494 e. The summed E-state index contributed by atoms with van der Waals surface area (Å²) in [4.78, 5) is 0. The van der Waals surface area contributed by atoms with Crippen molar-refractivity contribution >= 4 is 11.6 Å². The Morgan fingerprint density at radius 1 is 0.533 bits per heavy atom. The molecule has 0 saturated carbocycles. The van der Waals surface area contributed by atoms with Crippen molar-refractivity contribution in [2.75, 3.05) is 27.4 Å². The van der Waals surface area contributed by atoms with Crippen molar-refractivity contribution in [3.63, 3.8) is 0 Å². The van der Waals surface area contributed by atoms with E-state index in [0.717, 1.165) is 39.1 Å². The third-order valence-electron chi connectivity index (χ3n) is 10.5. The van der Waals surface area contributed by atoms with Crippen LogP contribution in [0.5, 0.6) is 17.2 Å². The zero-order chi connectivity index (χ0) is 41.5. The van der Waals surface area contributed by atoms with E-state index in [1.54, 1.807) is 14.2 Å². The lowest BCUT2D eigenvalue weighted by molar-refractivity contribution is -0.275. The van der Waals surface area contributed by atoms with Crippen LogP contribution in [0.1, 0.15) is 52.0 Å². The third kappa shape index (κ3) is 11.1. The Morgan fingerprint density at radius 2 is 1.02 bits per heavy atom. The molecule has 1 aliphatic heterocycles. The maximum absolute atomic E-state index is 7.27. The summed E-state index contributed by atoms with van der Waals surface area (Å²) in [7, 11) is 3.21. The number of ether oxygens (including phenoxy) is 8. The second-order valence-electron chi connectivity index (χ2n) is 14.6. The summed E-state index contributed by atoms with van der Waals surface area (Å²) in [5.74, 6) is 1.66. The van der Waals surface area contributed by atoms with Gasteiger partial charge in [0, 0.05) is 5.56 Å². The normalized spacial score (nSPS) is 18.8. The molecule has 7 rings (SSSR count). The molecular formula is C51H53ClO8. The average molecular weight is 829 g/mol. The van der Waals surface area contributed by atoms with Gasteiger partial charge < -0.3 is 37.9 Å². The molecule has 1 heterocycles. The SMILES string of the molecule is CCOc1ccc(Cc2cc([C@@H]3O[C@H](COCc4ccccc4)[C@@H](OCc4ccccc4)[C@H](OCc4ccccc4)[C@H]3OCc3ccccc3)c(OC)c(OC)c2Cl)cc1. The monoisotopic (exact) mass is 828 g/mol. The van der Waals surface area contributed by atoms with Gasteiger partial charge in [-0.3, -0.25) is 0 Å². The van der Waals surface area contributed by atoms with E-state index in [9.17, 15) is 0 Å². The van der Waals surface area contributed by atoms with Crippen molar-refractivity contribution in [1.82, 2.24) is 0 Å². The summed E-state index contributed by atoms with van der Waals surface area (Å²) in [5.41, 5.74) is 6.69. The predicted octanol–water partition coefficient (Wildman–Crippen LogP) is 10.8. The number of methoxy groups -OCH3 is 2. The molecule has 6 aromatic carbocycles. The van der Waals surface area contributed by atoms with Gasteiger partial charge in [-0.1, -0.05) is 145 Å². The number of rotatable bonds is 20. The second-order valence-corrected chi connectivity index (χ2v) is 15.0. The Morgan fingerprint density at radius 3 is 1.52 bits per heavy atom. The van der Waals surface area contributed by atoms with Gasteiger partial charge in [0.25, 0.3) is 0 Å². The van der Waals surface area contributed by atoms with Crippen LogP contribution < -0.4 is 14.2 Å². The van der Waals surface area contributed by atoms with E-state index in [-0.39, 0.29) is 6.61 Å². The maximum Gasteiger partial charge on any atom is 0.180 e. The molecule has 60 heavy (non-hydrogen) atoms. The van der Waals surface area contributed by atoms with Gasteiger partial charge in [-0.15, -0.1) is 0 Å². The Kier molecular flexibility index (Phi) is 15.7. The summed E-state index contributed by atoms with van der Waals surface area (Å²) < 4.78 is 52.6. The van der Waals surface area contributed by atoms with Gasteiger partial charge in [0.05, 0.1) is 58.9 Å². The summed E-state index contributed by atoms with van der Waals surface area (Å²) in [6, 6.07) is 50.5. The Balaban J connectivity index is 1.33. The Labute approximate surface area is 358 Å². The molecule has 6 aromatic rings. The minimum atomic E-state index is -0.739. The number of benzene rings is 6. The van der Waals surface area contributed by atoms with Gasteiger partial charge in [-0.2, -0.15) is 0 Å². The molecule has 0 unspecified atom stereocenters. The van der Waals surface area contributed by atoms with Crippen molar-refractivity contribution in [2.45, 2.75) is 70.3 Å². The molecular weight excluding hydrogens is 776 g/mol. The van der Waals surface area contributed by atoms with Gasteiger partial charge >= 0.3 is 0 Å². The highest BCUT2D eigenvalue weighted by Crippen LogP contribution is 2.48. The van der Waals surface area contributed by atoms with Crippen LogP contribution in [0, 0.1) is 0 Å². The molecule has 1 fully saturated rings. The first-order valence-electron chi connectivity index (χ1n) is 20.4. The van der Waals surface area contributed by atoms with Crippen LogP contribution in [0.15, 0.2) is 152 Å². The van der Waals surface area contributed by atoms with E-state index in [4.69, 9.17) is 49.5 Å². The minimum Gasteiger partial charge on any atom is -0.494 e. The average Bonchev–Trinajstić information content (AvgIpc) is 3.29. The lowest BCUT2D eigenvalue weighted by atomic mass is 9.88. The first kappa shape index (κ1) is 42.9. The summed E-state index contributed by atoms with van der Waals surface area (Å²) in [5, 5.41) is 0.452. The van der Waals surface area contributed by atoms with Crippen LogP contribution in [0.4, 0.5) is 0 Å². The Hall–Kier alpha value is -5.19. The summed E-state index contributed by atoms with van der Waals surface area (Å²) in [6.07, 6.45) is -2.76. The lowest BCUT2D eigenvalue weighted by Crippen LogP contribution is -2.58. The standard InChI is InChI=1S/C51H53ClO8/c1-4-56-42-27-25-36(26-28-42)29-41-30-43(46(53-2)49(54-3)45(41)52)47-50(58-33-39-21-13-7-14-22-39)51(59-34-40-23-15-8-16-24-40)48(57-32-38-19-11-6-12-20-38)44(60-47)35-55-31-37-17-9-5-10-18-37/h5-28,30,44,47-48,50-51H,4,29,31-35H2,1-3H3/t44-,47+,48-,50+,51+/m1/s1. The fraction of sp³-hybridized carbons (Fsp3) is 0.294. The molecule has 0 bridgehead atoms. The molecule has 1 saturated heterocycles.